The molecule has 0 aromatic heterocycles. The third kappa shape index (κ3) is 4.73. The average Bonchev–Trinajstić information content (AvgIpc) is 2.34. The van der Waals surface area contributed by atoms with Crippen LogP contribution >= 0.6 is 12.4 Å². The number of carbonyl (C=O) groups is 2. The van der Waals surface area contributed by atoms with Crippen molar-refractivity contribution in [2.24, 2.45) is 10.7 Å². The van der Waals surface area contributed by atoms with Gasteiger partial charge in [0.1, 0.15) is 5.84 Å². The zero-order valence-corrected chi connectivity index (χ0v) is 12.0. The molecule has 1 aromatic carbocycles. The number of nitrogens with two attached hydrogens (primary N) is 1. The summed E-state index contributed by atoms with van der Waals surface area (Å²) in [6, 6.07) is 6.81. The van der Waals surface area contributed by atoms with Gasteiger partial charge < -0.3 is 21.5 Å². The van der Waals surface area contributed by atoms with Crippen LogP contribution in [0.15, 0.2) is 29.3 Å². The van der Waals surface area contributed by atoms with Gasteiger partial charge >= 0.3 is 6.09 Å². The zero-order chi connectivity index (χ0) is 14.5. The number of hydrogen-bond donors (Lipinski definition) is 4. The highest BCUT2D eigenvalue weighted by Crippen LogP contribution is 2.06. The summed E-state index contributed by atoms with van der Waals surface area (Å²) in [5, 5.41) is 14.4. The standard InChI is InChI=1S/C13H16N4O3.ClH/c14-11(17-13(19)20)9-3-1-8(2-4-9)7-16-12(18)10-5-6-15-10;/h1-4,10,15H,5-7H2,(H2,14,17)(H,16,18)(H,19,20);1H. The first kappa shape index (κ1) is 16.9. The molecule has 2 rings (SSSR count). The van der Waals surface area contributed by atoms with Gasteiger partial charge in [-0.15, -0.1) is 12.4 Å². The van der Waals surface area contributed by atoms with E-state index in [1.54, 1.807) is 24.3 Å². The number of amidine groups is 1. The fraction of sp³-hybridized carbons (Fsp3) is 0.308. The smallest absolute Gasteiger partial charge is 0.433 e. The Morgan fingerprint density at radius 2 is 2.00 bits per heavy atom. The van der Waals surface area contributed by atoms with E-state index in [1.807, 2.05) is 0 Å². The molecule has 1 unspecified atom stereocenters. The van der Waals surface area contributed by atoms with Crippen LogP contribution in [0.5, 0.6) is 0 Å². The van der Waals surface area contributed by atoms with Gasteiger partial charge in [0.05, 0.1) is 6.04 Å². The number of nitrogens with zero attached hydrogens (tertiary/aromatic N) is 1. The second-order valence-corrected chi connectivity index (χ2v) is 4.49. The Morgan fingerprint density at radius 3 is 2.48 bits per heavy atom. The lowest BCUT2D eigenvalue weighted by atomic mass is 10.1. The first-order chi connectivity index (χ1) is 9.56. The lowest BCUT2D eigenvalue weighted by Gasteiger charge is -2.26. The van der Waals surface area contributed by atoms with Crippen LogP contribution in [0.2, 0.25) is 0 Å². The van der Waals surface area contributed by atoms with Crippen molar-refractivity contribution < 1.29 is 14.7 Å². The number of rotatable bonds is 4. The van der Waals surface area contributed by atoms with Gasteiger partial charge in [-0.25, -0.2) is 4.79 Å². The number of carboxylic acid groups (broad SMARTS) is 1. The summed E-state index contributed by atoms with van der Waals surface area (Å²) in [6.45, 7) is 1.31. The largest absolute Gasteiger partial charge is 0.463 e. The maximum atomic E-state index is 11.6. The van der Waals surface area contributed by atoms with Crippen molar-refractivity contribution in [3.63, 3.8) is 0 Å². The predicted octanol–water partition coefficient (Wildman–Crippen LogP) is 0.470. The molecular formula is C13H17ClN4O3. The van der Waals surface area contributed by atoms with E-state index in [2.05, 4.69) is 15.6 Å². The molecule has 5 N–H and O–H groups in total. The van der Waals surface area contributed by atoms with E-state index in [-0.39, 0.29) is 30.2 Å². The molecule has 0 radical (unpaired) electrons. The maximum Gasteiger partial charge on any atom is 0.433 e. The summed E-state index contributed by atoms with van der Waals surface area (Å²) in [4.78, 5) is 25.2. The Bertz CT molecular complexity index is 541. The van der Waals surface area contributed by atoms with Crippen molar-refractivity contribution in [2.45, 2.75) is 19.0 Å². The molecular weight excluding hydrogens is 296 g/mol. The Kier molecular flexibility index (Phi) is 6.13. The summed E-state index contributed by atoms with van der Waals surface area (Å²) < 4.78 is 0. The number of halogens is 1. The lowest BCUT2D eigenvalue weighted by molar-refractivity contribution is -0.124. The van der Waals surface area contributed by atoms with Crippen LogP contribution in [-0.4, -0.2) is 35.5 Å². The molecule has 8 heteroatoms. The molecule has 1 heterocycles. The van der Waals surface area contributed by atoms with Gasteiger partial charge in [0.2, 0.25) is 5.91 Å². The van der Waals surface area contributed by atoms with Crippen molar-refractivity contribution in [1.82, 2.24) is 10.6 Å². The van der Waals surface area contributed by atoms with Crippen LogP contribution in [0.25, 0.3) is 0 Å². The minimum atomic E-state index is -1.33. The maximum absolute atomic E-state index is 11.6. The van der Waals surface area contributed by atoms with Gasteiger partial charge in [-0.05, 0) is 18.5 Å². The highest BCUT2D eigenvalue weighted by atomic mass is 35.5. The summed E-state index contributed by atoms with van der Waals surface area (Å²) in [6.07, 6.45) is -0.459. The number of amides is 2. The molecule has 1 aliphatic heterocycles. The topological polar surface area (TPSA) is 117 Å². The molecule has 1 saturated heterocycles. The third-order valence-corrected chi connectivity index (χ3v) is 3.07. The monoisotopic (exact) mass is 312 g/mol. The normalized spacial score (nSPS) is 17.3. The Morgan fingerprint density at radius 1 is 1.38 bits per heavy atom. The predicted molar refractivity (Wildman–Crippen MR) is 80.7 cm³/mol. The molecule has 1 aliphatic rings. The summed E-state index contributed by atoms with van der Waals surface area (Å²) in [5.74, 6) is -0.0565. The quantitative estimate of drug-likeness (QED) is 0.476. The van der Waals surface area contributed by atoms with Crippen LogP contribution in [0.3, 0.4) is 0 Å². The number of aliphatic imine (C=N–C) groups is 1. The summed E-state index contributed by atoms with van der Waals surface area (Å²) in [7, 11) is 0. The van der Waals surface area contributed by atoms with Crippen LogP contribution in [0, 0.1) is 0 Å². The van der Waals surface area contributed by atoms with E-state index in [0.29, 0.717) is 12.1 Å². The van der Waals surface area contributed by atoms with E-state index >= 15 is 0 Å². The molecule has 2 amide bonds. The van der Waals surface area contributed by atoms with Crippen LogP contribution < -0.4 is 16.4 Å². The summed E-state index contributed by atoms with van der Waals surface area (Å²) in [5.41, 5.74) is 6.96. The number of nitrogens with one attached hydrogen (secondary N) is 2. The average molecular weight is 313 g/mol. The minimum absolute atomic E-state index is 0. The van der Waals surface area contributed by atoms with Gasteiger partial charge in [-0.2, -0.15) is 4.99 Å². The third-order valence-electron chi connectivity index (χ3n) is 3.07. The van der Waals surface area contributed by atoms with Gasteiger partial charge in [-0.3, -0.25) is 4.79 Å². The fourth-order valence-corrected chi connectivity index (χ4v) is 1.79. The zero-order valence-electron chi connectivity index (χ0n) is 11.2. The number of hydrogen-bond acceptors (Lipinski definition) is 3. The Labute approximate surface area is 128 Å². The molecule has 1 aromatic rings. The van der Waals surface area contributed by atoms with Gasteiger partial charge in [-0.1, -0.05) is 24.3 Å². The Balaban J connectivity index is 0.00000220. The van der Waals surface area contributed by atoms with E-state index in [9.17, 15) is 9.59 Å². The van der Waals surface area contributed by atoms with Gasteiger partial charge in [0.25, 0.3) is 0 Å². The van der Waals surface area contributed by atoms with E-state index < -0.39 is 6.09 Å². The molecule has 0 spiro atoms. The van der Waals surface area contributed by atoms with E-state index in [0.717, 1.165) is 18.5 Å². The van der Waals surface area contributed by atoms with Crippen molar-refractivity contribution in [1.29, 1.82) is 0 Å². The SMILES string of the molecule is Cl.NC(=NC(=O)O)c1ccc(CNC(=O)C2CCN2)cc1. The highest BCUT2D eigenvalue weighted by Gasteiger charge is 2.23. The number of carbonyl (C=O) groups excluding carboxylic acids is 1. The molecule has 0 bridgehead atoms. The van der Waals surface area contributed by atoms with Crippen molar-refractivity contribution >= 4 is 30.2 Å². The first-order valence-corrected chi connectivity index (χ1v) is 6.24. The van der Waals surface area contributed by atoms with Crippen LogP contribution in [-0.2, 0) is 11.3 Å². The minimum Gasteiger partial charge on any atom is -0.463 e. The fourth-order valence-electron chi connectivity index (χ4n) is 1.79. The first-order valence-electron chi connectivity index (χ1n) is 6.24. The molecule has 1 fully saturated rings. The van der Waals surface area contributed by atoms with E-state index in [4.69, 9.17) is 10.8 Å². The molecule has 21 heavy (non-hydrogen) atoms. The second kappa shape index (κ2) is 7.61. The van der Waals surface area contributed by atoms with E-state index in [1.165, 1.54) is 0 Å². The second-order valence-electron chi connectivity index (χ2n) is 4.49. The van der Waals surface area contributed by atoms with Crippen LogP contribution in [0.1, 0.15) is 17.5 Å². The van der Waals surface area contributed by atoms with Gasteiger partial charge in [0, 0.05) is 12.1 Å². The molecule has 0 saturated carbocycles. The van der Waals surface area contributed by atoms with Crippen LogP contribution in [0.4, 0.5) is 4.79 Å². The highest BCUT2D eigenvalue weighted by molar-refractivity contribution is 6.02. The molecule has 7 nitrogen and oxygen atoms in total. The van der Waals surface area contributed by atoms with Crippen molar-refractivity contribution in [2.75, 3.05) is 6.54 Å². The molecule has 114 valence electrons. The van der Waals surface area contributed by atoms with Gasteiger partial charge in [0.15, 0.2) is 0 Å². The summed E-state index contributed by atoms with van der Waals surface area (Å²) >= 11 is 0. The molecule has 0 aliphatic carbocycles. The van der Waals surface area contributed by atoms with Crippen molar-refractivity contribution in [3.8, 4) is 0 Å². The number of benzene rings is 1. The van der Waals surface area contributed by atoms with Crippen molar-refractivity contribution in [3.05, 3.63) is 35.4 Å². The molecule has 1 atom stereocenters. The Hall–Kier alpha value is -2.12. The lowest BCUT2D eigenvalue weighted by Crippen LogP contribution is -2.52.